The molecule has 142 valence electrons. The van der Waals surface area contributed by atoms with Crippen LogP contribution in [-0.4, -0.2) is 47.3 Å². The number of hydrogen-bond donors (Lipinski definition) is 0. The highest BCUT2D eigenvalue weighted by Crippen LogP contribution is 2.46. The van der Waals surface area contributed by atoms with Crippen molar-refractivity contribution in [1.29, 1.82) is 0 Å². The second-order valence-electron chi connectivity index (χ2n) is 6.29. The summed E-state index contributed by atoms with van der Waals surface area (Å²) in [6.45, 7) is 3.18. The summed E-state index contributed by atoms with van der Waals surface area (Å²) in [6, 6.07) is 11.0. The first-order valence-electron chi connectivity index (χ1n) is 8.21. The number of hydrogen-bond acceptors (Lipinski definition) is 6. The molecule has 0 atom stereocenters. The normalized spacial score (nSPS) is 18.1. The number of nitrogens with zero attached hydrogens (tertiary/aromatic N) is 4. The highest BCUT2D eigenvalue weighted by Gasteiger charge is 2.34. The van der Waals surface area contributed by atoms with Gasteiger partial charge in [0.15, 0.2) is 0 Å². The van der Waals surface area contributed by atoms with Crippen molar-refractivity contribution in [3.63, 3.8) is 0 Å². The monoisotopic (exact) mass is 424 g/mol. The van der Waals surface area contributed by atoms with Crippen molar-refractivity contribution in [3.05, 3.63) is 36.4 Å². The van der Waals surface area contributed by atoms with Crippen LogP contribution in [0.3, 0.4) is 0 Å². The maximum absolute atomic E-state index is 12.9. The molecule has 0 aromatic heterocycles. The van der Waals surface area contributed by atoms with E-state index in [9.17, 15) is 8.42 Å². The molecule has 0 saturated heterocycles. The first kappa shape index (κ1) is 19.7. The van der Waals surface area contributed by atoms with Crippen molar-refractivity contribution in [1.82, 2.24) is 0 Å². The predicted molar refractivity (Wildman–Crippen MR) is 113 cm³/mol. The molecule has 3 heterocycles. The number of sulfone groups is 1. The summed E-state index contributed by atoms with van der Waals surface area (Å²) < 4.78 is 25.7. The Bertz CT molecular complexity index is 976. The summed E-state index contributed by atoms with van der Waals surface area (Å²) in [5, 5.41) is 0. The van der Waals surface area contributed by atoms with E-state index in [0.717, 1.165) is 48.7 Å². The van der Waals surface area contributed by atoms with Crippen LogP contribution in [0, 0.1) is 0 Å². The molecule has 0 saturated carbocycles. The maximum atomic E-state index is 12.9. The number of rotatable bonds is 2. The molecule has 6 nitrogen and oxygen atoms in total. The van der Waals surface area contributed by atoms with E-state index in [1.165, 1.54) is 0 Å². The van der Waals surface area contributed by atoms with Gasteiger partial charge in [0.25, 0.3) is 0 Å². The molecule has 2 aromatic rings. The molecule has 0 N–H and O–H groups in total. The highest BCUT2D eigenvalue weighted by molar-refractivity contribution is 7.92. The van der Waals surface area contributed by atoms with Gasteiger partial charge >= 0.3 is 0 Å². The molecule has 0 amide bonds. The van der Waals surface area contributed by atoms with Crippen molar-refractivity contribution >= 4 is 58.7 Å². The van der Waals surface area contributed by atoms with Crippen LogP contribution in [0.5, 0.6) is 0 Å². The van der Waals surface area contributed by atoms with E-state index < -0.39 is 9.84 Å². The Morgan fingerprint density at radius 2 is 1.19 bits per heavy atom. The quantitative estimate of drug-likeness (QED) is 0.633. The number of anilines is 2. The second kappa shape index (κ2) is 7.14. The Morgan fingerprint density at radius 3 is 1.56 bits per heavy atom. The third-order valence-corrected chi connectivity index (χ3v) is 6.71. The smallest absolute Gasteiger partial charge is 0.207 e. The molecule has 27 heavy (non-hydrogen) atoms. The molecule has 9 heteroatoms. The van der Waals surface area contributed by atoms with Gasteiger partial charge in [-0.2, -0.15) is 0 Å². The van der Waals surface area contributed by atoms with E-state index in [0.29, 0.717) is 9.79 Å². The molecule has 2 aromatic carbocycles. The zero-order valence-corrected chi connectivity index (χ0v) is 16.7. The summed E-state index contributed by atoms with van der Waals surface area (Å²) in [5.74, 6) is 0. The van der Waals surface area contributed by atoms with Crippen LogP contribution in [0.2, 0.25) is 0 Å². The first-order chi connectivity index (χ1) is 12.1. The molecule has 0 aliphatic carbocycles. The zero-order valence-electron chi connectivity index (χ0n) is 14.3. The molecule has 0 spiro atoms. The number of aliphatic imine (C=N–C) groups is 2. The van der Waals surface area contributed by atoms with Crippen molar-refractivity contribution in [3.8, 4) is 11.1 Å². The second-order valence-corrected chi connectivity index (χ2v) is 8.18. The van der Waals surface area contributed by atoms with Crippen molar-refractivity contribution in [2.24, 2.45) is 9.98 Å². The highest BCUT2D eigenvalue weighted by atomic mass is 35.5. The average Bonchev–Trinajstić information content (AvgIpc) is 3.36. The van der Waals surface area contributed by atoms with Gasteiger partial charge in [-0.05, 0) is 36.4 Å². The van der Waals surface area contributed by atoms with Crippen LogP contribution in [0.4, 0.5) is 11.4 Å². The summed E-state index contributed by atoms with van der Waals surface area (Å²) in [5.41, 5.74) is 3.48. The predicted octanol–water partition coefficient (Wildman–Crippen LogP) is 3.04. The summed E-state index contributed by atoms with van der Waals surface area (Å²) >= 11 is 0. The Labute approximate surface area is 170 Å². The summed E-state index contributed by atoms with van der Waals surface area (Å²) in [4.78, 5) is 13.3. The lowest BCUT2D eigenvalue weighted by molar-refractivity contribution is 0.598. The van der Waals surface area contributed by atoms with E-state index in [1.54, 1.807) is 12.1 Å². The fourth-order valence-electron chi connectivity index (χ4n) is 3.55. The first-order valence-corrected chi connectivity index (χ1v) is 9.70. The van der Waals surface area contributed by atoms with Gasteiger partial charge in [0.05, 0.1) is 35.6 Å². The Balaban J connectivity index is 0.00000105. The fourth-order valence-corrected chi connectivity index (χ4v) is 5.20. The minimum absolute atomic E-state index is 0. The molecular formula is C18H18Cl2N4O2S. The standard InChI is InChI=1S/C18H16N4O2S.2ClH/c23-25(24)17-3-1-13(21-7-5-19-11-21)9-15(17)16-10-14(2-4-18(16)25)22-8-6-20-12-22;;/h1-4,9-12H,5-8H2;2*1H. The molecule has 0 fully saturated rings. The van der Waals surface area contributed by atoms with Crippen LogP contribution >= 0.6 is 24.8 Å². The van der Waals surface area contributed by atoms with E-state index in [2.05, 4.69) is 9.98 Å². The average molecular weight is 425 g/mol. The Kier molecular flexibility index (Phi) is 5.20. The van der Waals surface area contributed by atoms with Gasteiger partial charge in [0.1, 0.15) is 0 Å². The van der Waals surface area contributed by atoms with E-state index in [1.807, 2.05) is 46.7 Å². The number of halogens is 2. The molecule has 0 bridgehead atoms. The Morgan fingerprint density at radius 1 is 0.741 bits per heavy atom. The van der Waals surface area contributed by atoms with Crippen LogP contribution < -0.4 is 9.80 Å². The molecular weight excluding hydrogens is 407 g/mol. The van der Waals surface area contributed by atoms with Crippen molar-refractivity contribution in [2.45, 2.75) is 9.79 Å². The fraction of sp³-hybridized carbons (Fsp3) is 0.222. The van der Waals surface area contributed by atoms with Crippen LogP contribution in [-0.2, 0) is 9.84 Å². The largest absolute Gasteiger partial charge is 0.331 e. The van der Waals surface area contributed by atoms with E-state index in [-0.39, 0.29) is 24.8 Å². The topological polar surface area (TPSA) is 65.3 Å². The van der Waals surface area contributed by atoms with Gasteiger partial charge in [0, 0.05) is 35.6 Å². The van der Waals surface area contributed by atoms with Gasteiger partial charge in [-0.15, -0.1) is 24.8 Å². The van der Waals surface area contributed by atoms with E-state index >= 15 is 0 Å². The van der Waals surface area contributed by atoms with Crippen LogP contribution in [0.1, 0.15) is 0 Å². The van der Waals surface area contributed by atoms with Crippen LogP contribution in [0.25, 0.3) is 11.1 Å². The van der Waals surface area contributed by atoms with Gasteiger partial charge < -0.3 is 9.80 Å². The molecule has 0 unspecified atom stereocenters. The van der Waals surface area contributed by atoms with Gasteiger partial charge in [-0.3, -0.25) is 9.98 Å². The van der Waals surface area contributed by atoms with Gasteiger partial charge in [0.2, 0.25) is 9.84 Å². The zero-order chi connectivity index (χ0) is 17.0. The minimum atomic E-state index is -3.45. The number of benzene rings is 2. The van der Waals surface area contributed by atoms with Gasteiger partial charge in [-0.1, -0.05) is 0 Å². The molecule has 3 aliphatic heterocycles. The Hall–Kier alpha value is -2.09. The minimum Gasteiger partial charge on any atom is -0.331 e. The SMILES string of the molecule is Cl.Cl.O=S1(=O)c2ccc(N3C=NCC3)cc2-c2cc(N3C=NCC3)ccc21. The van der Waals surface area contributed by atoms with Crippen molar-refractivity contribution in [2.75, 3.05) is 36.0 Å². The summed E-state index contributed by atoms with van der Waals surface area (Å²) in [6.07, 6.45) is 3.62. The lowest BCUT2D eigenvalue weighted by Gasteiger charge is -2.16. The molecule has 3 aliphatic rings. The maximum Gasteiger partial charge on any atom is 0.207 e. The third-order valence-electron chi connectivity index (χ3n) is 4.84. The van der Waals surface area contributed by atoms with Crippen molar-refractivity contribution < 1.29 is 8.42 Å². The lowest BCUT2D eigenvalue weighted by Crippen LogP contribution is -2.18. The number of fused-ring (bicyclic) bond motifs is 3. The molecule has 0 radical (unpaired) electrons. The lowest BCUT2D eigenvalue weighted by atomic mass is 10.0. The molecule has 5 rings (SSSR count). The van der Waals surface area contributed by atoms with Gasteiger partial charge in [-0.25, -0.2) is 8.42 Å². The summed E-state index contributed by atoms with van der Waals surface area (Å²) in [7, 11) is -3.45. The van der Waals surface area contributed by atoms with E-state index in [4.69, 9.17) is 0 Å². The third kappa shape index (κ3) is 2.99. The van der Waals surface area contributed by atoms with Crippen LogP contribution in [0.15, 0.2) is 56.2 Å².